The van der Waals surface area contributed by atoms with Crippen molar-refractivity contribution in [3.8, 4) is 5.75 Å². The van der Waals surface area contributed by atoms with E-state index in [2.05, 4.69) is 15.9 Å². The van der Waals surface area contributed by atoms with E-state index in [-0.39, 0.29) is 22.3 Å². The summed E-state index contributed by atoms with van der Waals surface area (Å²) in [5.41, 5.74) is 5.41. The van der Waals surface area contributed by atoms with Crippen LogP contribution in [-0.4, -0.2) is 16.8 Å². The molecular weight excluding hydrogens is 241 g/mol. The van der Waals surface area contributed by atoms with Crippen molar-refractivity contribution in [2.45, 2.75) is 6.10 Å². The summed E-state index contributed by atoms with van der Waals surface area (Å²) < 4.78 is 13.0. The highest BCUT2D eigenvalue weighted by atomic mass is 79.9. The summed E-state index contributed by atoms with van der Waals surface area (Å²) in [5, 5.41) is 18.5. The van der Waals surface area contributed by atoms with E-state index in [0.717, 1.165) is 6.07 Å². The quantitative estimate of drug-likeness (QED) is 0.740. The van der Waals surface area contributed by atoms with Crippen molar-refractivity contribution in [1.29, 1.82) is 0 Å². The molecule has 0 heterocycles. The van der Waals surface area contributed by atoms with Crippen LogP contribution < -0.4 is 5.73 Å². The highest BCUT2D eigenvalue weighted by molar-refractivity contribution is 9.10. The average molecular weight is 250 g/mol. The van der Waals surface area contributed by atoms with Crippen LogP contribution in [0.2, 0.25) is 0 Å². The third-order valence-corrected chi connectivity index (χ3v) is 2.26. The second-order valence-electron chi connectivity index (χ2n) is 2.58. The Morgan fingerprint density at radius 2 is 2.15 bits per heavy atom. The number of aliphatic hydroxyl groups is 1. The maximum atomic E-state index is 12.8. The summed E-state index contributed by atoms with van der Waals surface area (Å²) >= 11 is 2.94. The van der Waals surface area contributed by atoms with Gasteiger partial charge in [0.05, 0.1) is 10.6 Å². The van der Waals surface area contributed by atoms with Crippen LogP contribution in [0.25, 0.3) is 0 Å². The third-order valence-electron chi connectivity index (χ3n) is 1.65. The van der Waals surface area contributed by atoms with Crippen molar-refractivity contribution in [3.63, 3.8) is 0 Å². The minimum absolute atomic E-state index is 0.0222. The number of hydrogen-bond acceptors (Lipinski definition) is 3. The van der Waals surface area contributed by atoms with Crippen LogP contribution in [0.3, 0.4) is 0 Å². The van der Waals surface area contributed by atoms with Gasteiger partial charge in [-0.05, 0) is 22.0 Å². The normalized spacial score (nSPS) is 12.9. The smallest absolute Gasteiger partial charge is 0.141 e. The molecule has 0 fully saturated rings. The maximum Gasteiger partial charge on any atom is 0.141 e. The molecule has 5 heteroatoms. The summed E-state index contributed by atoms with van der Waals surface area (Å²) in [7, 11) is 0. The Labute approximate surface area is 83.1 Å². The molecule has 72 valence electrons. The molecule has 0 aliphatic carbocycles. The van der Waals surface area contributed by atoms with Crippen LogP contribution in [0.5, 0.6) is 5.75 Å². The fourth-order valence-electron chi connectivity index (χ4n) is 0.946. The zero-order valence-electron chi connectivity index (χ0n) is 6.67. The highest BCUT2D eigenvalue weighted by Crippen LogP contribution is 2.29. The Hall–Kier alpha value is -0.650. The Kier molecular flexibility index (Phi) is 3.24. The second kappa shape index (κ2) is 4.04. The standard InChI is InChI=1S/C8H9BrFNO2/c9-5-1-4(8(13)3-11)7(12)2-6(5)10/h1-2,8,12-13H,3,11H2. The number of aromatic hydroxyl groups is 1. The number of halogens is 2. The van der Waals surface area contributed by atoms with E-state index in [4.69, 9.17) is 5.73 Å². The van der Waals surface area contributed by atoms with Gasteiger partial charge in [0.15, 0.2) is 0 Å². The number of benzene rings is 1. The summed E-state index contributed by atoms with van der Waals surface area (Å²) in [5.74, 6) is -0.871. The lowest BCUT2D eigenvalue weighted by Crippen LogP contribution is -2.11. The Bertz CT molecular complexity index is 319. The number of phenolic OH excluding ortho intramolecular Hbond substituents is 1. The van der Waals surface area contributed by atoms with Gasteiger partial charge in [0.2, 0.25) is 0 Å². The maximum absolute atomic E-state index is 12.8. The van der Waals surface area contributed by atoms with Gasteiger partial charge in [0.25, 0.3) is 0 Å². The summed E-state index contributed by atoms with van der Waals surface area (Å²) in [6.45, 7) is -0.0222. The van der Waals surface area contributed by atoms with Crippen molar-refractivity contribution < 1.29 is 14.6 Å². The van der Waals surface area contributed by atoms with Crippen LogP contribution in [0, 0.1) is 5.82 Å². The average Bonchev–Trinajstić information content (AvgIpc) is 2.10. The highest BCUT2D eigenvalue weighted by Gasteiger charge is 2.13. The lowest BCUT2D eigenvalue weighted by Gasteiger charge is -2.10. The van der Waals surface area contributed by atoms with Crippen LogP contribution in [0.4, 0.5) is 4.39 Å². The zero-order chi connectivity index (χ0) is 10.0. The van der Waals surface area contributed by atoms with Crippen LogP contribution in [0.1, 0.15) is 11.7 Å². The Morgan fingerprint density at radius 3 is 2.69 bits per heavy atom. The molecule has 1 rings (SSSR count). The molecular formula is C8H9BrFNO2. The molecule has 1 atom stereocenters. The fraction of sp³-hybridized carbons (Fsp3) is 0.250. The summed E-state index contributed by atoms with van der Waals surface area (Å²) in [6, 6.07) is 2.24. The predicted molar refractivity (Wildman–Crippen MR) is 49.8 cm³/mol. The molecule has 0 radical (unpaired) electrons. The van der Waals surface area contributed by atoms with Crippen molar-refractivity contribution in [3.05, 3.63) is 28.0 Å². The van der Waals surface area contributed by atoms with E-state index in [1.165, 1.54) is 6.07 Å². The van der Waals surface area contributed by atoms with Gasteiger partial charge in [-0.1, -0.05) is 0 Å². The molecule has 4 N–H and O–H groups in total. The first-order valence-electron chi connectivity index (χ1n) is 3.62. The van der Waals surface area contributed by atoms with Crippen molar-refractivity contribution in [2.24, 2.45) is 5.73 Å². The van der Waals surface area contributed by atoms with Gasteiger partial charge < -0.3 is 15.9 Å². The van der Waals surface area contributed by atoms with Crippen LogP contribution in [0.15, 0.2) is 16.6 Å². The van der Waals surface area contributed by atoms with E-state index in [0.29, 0.717) is 0 Å². The van der Waals surface area contributed by atoms with E-state index in [1.54, 1.807) is 0 Å². The van der Waals surface area contributed by atoms with Crippen LogP contribution >= 0.6 is 15.9 Å². The topological polar surface area (TPSA) is 66.5 Å². The first-order chi connectivity index (χ1) is 6.06. The number of rotatable bonds is 2. The van der Waals surface area contributed by atoms with Gasteiger partial charge in [-0.25, -0.2) is 4.39 Å². The van der Waals surface area contributed by atoms with Gasteiger partial charge >= 0.3 is 0 Å². The summed E-state index contributed by atoms with van der Waals surface area (Å²) in [6.07, 6.45) is -0.975. The minimum Gasteiger partial charge on any atom is -0.507 e. The lowest BCUT2D eigenvalue weighted by atomic mass is 10.1. The molecule has 0 saturated heterocycles. The van der Waals surface area contributed by atoms with Gasteiger partial charge in [0.1, 0.15) is 11.6 Å². The minimum atomic E-state index is -0.975. The molecule has 0 amide bonds. The van der Waals surface area contributed by atoms with Crippen molar-refractivity contribution >= 4 is 15.9 Å². The monoisotopic (exact) mass is 249 g/mol. The zero-order valence-corrected chi connectivity index (χ0v) is 8.25. The molecule has 1 unspecified atom stereocenters. The molecule has 0 aliphatic heterocycles. The molecule has 0 aromatic heterocycles. The van der Waals surface area contributed by atoms with E-state index in [9.17, 15) is 14.6 Å². The third kappa shape index (κ3) is 2.18. The molecule has 0 spiro atoms. The number of phenols is 1. The predicted octanol–water partition coefficient (Wildman–Crippen LogP) is 1.29. The Morgan fingerprint density at radius 1 is 1.54 bits per heavy atom. The SMILES string of the molecule is NCC(O)c1cc(Br)c(F)cc1O. The fourth-order valence-corrected chi connectivity index (χ4v) is 1.31. The van der Waals surface area contributed by atoms with Crippen LogP contribution in [-0.2, 0) is 0 Å². The molecule has 1 aromatic carbocycles. The van der Waals surface area contributed by atoms with Crippen molar-refractivity contribution in [1.82, 2.24) is 0 Å². The molecule has 1 aromatic rings. The van der Waals surface area contributed by atoms with E-state index >= 15 is 0 Å². The second-order valence-corrected chi connectivity index (χ2v) is 3.43. The van der Waals surface area contributed by atoms with E-state index in [1.807, 2.05) is 0 Å². The molecule has 0 bridgehead atoms. The van der Waals surface area contributed by atoms with Gasteiger partial charge in [-0.3, -0.25) is 0 Å². The molecule has 3 nitrogen and oxygen atoms in total. The molecule has 13 heavy (non-hydrogen) atoms. The largest absolute Gasteiger partial charge is 0.507 e. The molecule has 0 aliphatic rings. The summed E-state index contributed by atoms with van der Waals surface area (Å²) in [4.78, 5) is 0. The Balaban J connectivity index is 3.15. The van der Waals surface area contributed by atoms with Crippen molar-refractivity contribution in [2.75, 3.05) is 6.54 Å². The van der Waals surface area contributed by atoms with E-state index < -0.39 is 11.9 Å². The van der Waals surface area contributed by atoms with Gasteiger partial charge in [0, 0.05) is 18.2 Å². The number of hydrogen-bond donors (Lipinski definition) is 3. The van der Waals surface area contributed by atoms with Gasteiger partial charge in [-0.2, -0.15) is 0 Å². The van der Waals surface area contributed by atoms with Gasteiger partial charge in [-0.15, -0.1) is 0 Å². The first-order valence-corrected chi connectivity index (χ1v) is 4.41. The number of aliphatic hydroxyl groups excluding tert-OH is 1. The lowest BCUT2D eigenvalue weighted by molar-refractivity contribution is 0.182. The number of nitrogens with two attached hydrogens (primary N) is 1. The molecule has 0 saturated carbocycles. The first kappa shape index (κ1) is 10.4.